The number of hydrogen-bond donors (Lipinski definition) is 0. The van der Waals surface area contributed by atoms with Gasteiger partial charge in [0.05, 0.1) is 17.4 Å². The van der Waals surface area contributed by atoms with Crippen LogP contribution in [0.2, 0.25) is 0 Å². The lowest BCUT2D eigenvalue weighted by molar-refractivity contribution is -0.143. The summed E-state index contributed by atoms with van der Waals surface area (Å²) in [7, 11) is 1.74. The highest BCUT2D eigenvalue weighted by molar-refractivity contribution is 5.08. The Bertz CT molecular complexity index is 463. The van der Waals surface area contributed by atoms with Gasteiger partial charge in [0.25, 0.3) is 0 Å². The van der Waals surface area contributed by atoms with Crippen LogP contribution < -0.4 is 0 Å². The Balaban J connectivity index is 1.67. The zero-order chi connectivity index (χ0) is 14.0. The molecule has 1 spiro atoms. The van der Waals surface area contributed by atoms with Crippen LogP contribution >= 0.6 is 0 Å². The van der Waals surface area contributed by atoms with Crippen molar-refractivity contribution in [2.45, 2.75) is 37.5 Å². The van der Waals surface area contributed by atoms with Crippen molar-refractivity contribution < 1.29 is 13.9 Å². The van der Waals surface area contributed by atoms with E-state index in [1.807, 2.05) is 0 Å². The number of pyridine rings is 1. The van der Waals surface area contributed by atoms with Gasteiger partial charge in [-0.1, -0.05) is 0 Å². The van der Waals surface area contributed by atoms with Crippen molar-refractivity contribution >= 4 is 0 Å². The summed E-state index contributed by atoms with van der Waals surface area (Å²) in [5.74, 6) is -0.237. The van der Waals surface area contributed by atoms with E-state index in [1.165, 1.54) is 6.07 Å². The van der Waals surface area contributed by atoms with E-state index >= 15 is 0 Å². The molecule has 2 aliphatic rings. The second kappa shape index (κ2) is 5.76. The Morgan fingerprint density at radius 3 is 3.15 bits per heavy atom. The number of methoxy groups -OCH3 is 1. The minimum atomic E-state index is -0.237. The van der Waals surface area contributed by atoms with Crippen molar-refractivity contribution in [1.82, 2.24) is 9.88 Å². The maximum Gasteiger partial charge on any atom is 0.146 e. The van der Waals surface area contributed by atoms with Gasteiger partial charge in [0.2, 0.25) is 0 Å². The molecule has 2 fully saturated rings. The molecule has 2 saturated heterocycles. The number of aromatic nitrogens is 1. The SMILES string of the molecule is CO[C@H]1CN(Cc2ncccc2F)CC[C@@]12CCCO2. The second-order valence-electron chi connectivity index (χ2n) is 5.66. The summed E-state index contributed by atoms with van der Waals surface area (Å²) in [5, 5.41) is 0. The van der Waals surface area contributed by atoms with E-state index in [9.17, 15) is 4.39 Å². The first-order valence-corrected chi connectivity index (χ1v) is 7.22. The summed E-state index contributed by atoms with van der Waals surface area (Å²) in [6.07, 6.45) is 4.81. The average Bonchev–Trinajstić information content (AvgIpc) is 2.93. The van der Waals surface area contributed by atoms with E-state index in [2.05, 4.69) is 9.88 Å². The maximum atomic E-state index is 13.7. The van der Waals surface area contributed by atoms with Crippen LogP contribution in [0.3, 0.4) is 0 Å². The maximum absolute atomic E-state index is 13.7. The molecule has 20 heavy (non-hydrogen) atoms. The highest BCUT2D eigenvalue weighted by atomic mass is 19.1. The third-order valence-electron chi connectivity index (χ3n) is 4.49. The van der Waals surface area contributed by atoms with E-state index < -0.39 is 0 Å². The van der Waals surface area contributed by atoms with Gasteiger partial charge in [-0.15, -0.1) is 0 Å². The van der Waals surface area contributed by atoms with Gasteiger partial charge in [0.1, 0.15) is 5.82 Å². The summed E-state index contributed by atoms with van der Waals surface area (Å²) in [5.41, 5.74) is 0.388. The first kappa shape index (κ1) is 13.9. The standard InChI is InChI=1S/C15H21FN2O2/c1-19-14-11-18(8-6-15(14)5-3-9-20-15)10-13-12(16)4-2-7-17-13/h2,4,7,14H,3,5-6,8-11H2,1H3/t14-,15-/m0/s1. The summed E-state index contributed by atoms with van der Waals surface area (Å²) in [6.45, 7) is 3.03. The fraction of sp³-hybridized carbons (Fsp3) is 0.667. The Labute approximate surface area is 118 Å². The lowest BCUT2D eigenvalue weighted by Crippen LogP contribution is -2.55. The van der Waals surface area contributed by atoms with Gasteiger partial charge in [0, 0.05) is 39.5 Å². The molecular formula is C15H21FN2O2. The number of nitrogens with zero attached hydrogens (tertiary/aromatic N) is 2. The highest BCUT2D eigenvalue weighted by Gasteiger charge is 2.46. The third kappa shape index (κ3) is 2.57. The molecular weight excluding hydrogens is 259 g/mol. The quantitative estimate of drug-likeness (QED) is 0.848. The Hall–Kier alpha value is -1.04. The molecule has 1 aromatic heterocycles. The molecule has 4 nitrogen and oxygen atoms in total. The summed E-state index contributed by atoms with van der Waals surface area (Å²) in [4.78, 5) is 6.32. The number of rotatable bonds is 3. The molecule has 2 aliphatic heterocycles. The number of piperidine rings is 1. The van der Waals surface area contributed by atoms with Crippen LogP contribution in [0.5, 0.6) is 0 Å². The molecule has 3 heterocycles. The topological polar surface area (TPSA) is 34.6 Å². The predicted octanol–water partition coefficient (Wildman–Crippen LogP) is 1.99. The molecule has 3 rings (SSSR count). The van der Waals surface area contributed by atoms with Crippen molar-refractivity contribution in [2.75, 3.05) is 26.8 Å². The minimum absolute atomic E-state index is 0.0607. The molecule has 0 N–H and O–H groups in total. The van der Waals surface area contributed by atoms with E-state index in [1.54, 1.807) is 19.4 Å². The van der Waals surface area contributed by atoms with Crippen LogP contribution in [-0.4, -0.2) is 48.4 Å². The lowest BCUT2D eigenvalue weighted by Gasteiger charge is -2.44. The fourth-order valence-corrected chi connectivity index (χ4v) is 3.35. The Morgan fingerprint density at radius 1 is 1.55 bits per heavy atom. The Kier molecular flexibility index (Phi) is 4.01. The number of halogens is 1. The van der Waals surface area contributed by atoms with Crippen molar-refractivity contribution in [3.05, 3.63) is 29.8 Å². The monoisotopic (exact) mass is 280 g/mol. The predicted molar refractivity (Wildman–Crippen MR) is 72.8 cm³/mol. The van der Waals surface area contributed by atoms with Crippen molar-refractivity contribution in [3.63, 3.8) is 0 Å². The van der Waals surface area contributed by atoms with Crippen LogP contribution in [-0.2, 0) is 16.0 Å². The van der Waals surface area contributed by atoms with E-state index in [0.29, 0.717) is 12.2 Å². The summed E-state index contributed by atoms with van der Waals surface area (Å²) < 4.78 is 25.3. The van der Waals surface area contributed by atoms with Gasteiger partial charge >= 0.3 is 0 Å². The van der Waals surface area contributed by atoms with Gasteiger partial charge < -0.3 is 9.47 Å². The van der Waals surface area contributed by atoms with Crippen LogP contribution in [0.15, 0.2) is 18.3 Å². The third-order valence-corrected chi connectivity index (χ3v) is 4.49. The molecule has 1 aromatic rings. The van der Waals surface area contributed by atoms with E-state index in [0.717, 1.165) is 39.0 Å². The molecule has 0 aliphatic carbocycles. The molecule has 0 radical (unpaired) electrons. The van der Waals surface area contributed by atoms with E-state index in [-0.39, 0.29) is 17.5 Å². The normalized spacial score (nSPS) is 31.0. The van der Waals surface area contributed by atoms with E-state index in [4.69, 9.17) is 9.47 Å². The molecule has 0 unspecified atom stereocenters. The number of likely N-dealkylation sites (tertiary alicyclic amines) is 1. The molecule has 5 heteroatoms. The van der Waals surface area contributed by atoms with Crippen molar-refractivity contribution in [2.24, 2.45) is 0 Å². The zero-order valence-electron chi connectivity index (χ0n) is 11.8. The molecule has 2 atom stereocenters. The molecule has 110 valence electrons. The molecule has 0 aromatic carbocycles. The molecule has 0 amide bonds. The highest BCUT2D eigenvalue weighted by Crippen LogP contribution is 2.37. The summed E-state index contributed by atoms with van der Waals surface area (Å²) in [6, 6.07) is 3.08. The van der Waals surface area contributed by atoms with Gasteiger partial charge in [-0.2, -0.15) is 0 Å². The zero-order valence-corrected chi connectivity index (χ0v) is 11.8. The summed E-state index contributed by atoms with van der Waals surface area (Å²) >= 11 is 0. The first-order valence-electron chi connectivity index (χ1n) is 7.22. The van der Waals surface area contributed by atoms with Gasteiger partial charge in [-0.25, -0.2) is 4.39 Å². The van der Waals surface area contributed by atoms with Crippen LogP contribution in [0.25, 0.3) is 0 Å². The number of ether oxygens (including phenoxy) is 2. The largest absolute Gasteiger partial charge is 0.377 e. The van der Waals surface area contributed by atoms with Crippen molar-refractivity contribution in [1.29, 1.82) is 0 Å². The van der Waals surface area contributed by atoms with Crippen LogP contribution in [0.4, 0.5) is 4.39 Å². The van der Waals surface area contributed by atoms with Gasteiger partial charge in [-0.3, -0.25) is 9.88 Å². The minimum Gasteiger partial charge on any atom is -0.377 e. The van der Waals surface area contributed by atoms with Gasteiger partial charge in [-0.05, 0) is 31.4 Å². The van der Waals surface area contributed by atoms with Crippen molar-refractivity contribution in [3.8, 4) is 0 Å². The average molecular weight is 280 g/mol. The smallest absolute Gasteiger partial charge is 0.146 e. The van der Waals surface area contributed by atoms with Gasteiger partial charge in [0.15, 0.2) is 0 Å². The lowest BCUT2D eigenvalue weighted by atomic mass is 9.86. The fourth-order valence-electron chi connectivity index (χ4n) is 3.35. The van der Waals surface area contributed by atoms with Crippen LogP contribution in [0, 0.1) is 5.82 Å². The molecule has 0 bridgehead atoms. The number of hydrogen-bond acceptors (Lipinski definition) is 4. The second-order valence-corrected chi connectivity index (χ2v) is 5.66. The molecule has 0 saturated carbocycles. The Morgan fingerprint density at radius 2 is 2.45 bits per heavy atom. The van der Waals surface area contributed by atoms with Crippen LogP contribution in [0.1, 0.15) is 25.0 Å². The first-order chi connectivity index (χ1) is 9.73.